The largest absolute Gasteiger partial charge is 0.384 e. The molecule has 1 unspecified atom stereocenters. The minimum atomic E-state index is -0.628. The average molecular weight is 240 g/mol. The monoisotopic (exact) mass is 240 g/mol. The van der Waals surface area contributed by atoms with Gasteiger partial charge in [-0.1, -0.05) is 20.8 Å². The van der Waals surface area contributed by atoms with Gasteiger partial charge in [0.1, 0.15) is 6.10 Å². The zero-order chi connectivity index (χ0) is 12.9. The van der Waals surface area contributed by atoms with Gasteiger partial charge in [-0.2, -0.15) is 5.10 Å². The molecule has 0 saturated carbocycles. The fourth-order valence-corrected chi connectivity index (χ4v) is 2.28. The number of hydrogen-bond donors (Lipinski definition) is 1. The number of methoxy groups -OCH3 is 1. The molecule has 0 radical (unpaired) electrons. The SMILES string of the molecule is CCCn1nccc1C(O)C(CC)(CC)OC. The first kappa shape index (κ1) is 14.2. The van der Waals surface area contributed by atoms with Crippen molar-refractivity contribution < 1.29 is 9.84 Å². The summed E-state index contributed by atoms with van der Waals surface area (Å²) in [6.45, 7) is 7.00. The van der Waals surface area contributed by atoms with Crippen molar-refractivity contribution in [1.29, 1.82) is 0 Å². The summed E-state index contributed by atoms with van der Waals surface area (Å²) in [4.78, 5) is 0. The number of hydrogen-bond acceptors (Lipinski definition) is 3. The third kappa shape index (κ3) is 2.69. The maximum Gasteiger partial charge on any atom is 0.124 e. The van der Waals surface area contributed by atoms with E-state index >= 15 is 0 Å². The molecule has 1 heterocycles. The van der Waals surface area contributed by atoms with Gasteiger partial charge in [0.15, 0.2) is 0 Å². The quantitative estimate of drug-likeness (QED) is 0.796. The smallest absolute Gasteiger partial charge is 0.124 e. The lowest BCUT2D eigenvalue weighted by atomic mass is 9.88. The molecule has 0 saturated heterocycles. The van der Waals surface area contributed by atoms with Gasteiger partial charge in [0.05, 0.1) is 11.3 Å². The molecule has 98 valence electrons. The van der Waals surface area contributed by atoms with Crippen molar-refractivity contribution in [2.75, 3.05) is 7.11 Å². The van der Waals surface area contributed by atoms with E-state index in [4.69, 9.17) is 4.74 Å². The predicted octanol–water partition coefficient (Wildman–Crippen LogP) is 2.53. The van der Waals surface area contributed by atoms with Gasteiger partial charge in [0.2, 0.25) is 0 Å². The summed E-state index contributed by atoms with van der Waals surface area (Å²) in [7, 11) is 1.66. The normalized spacial score (nSPS) is 13.9. The van der Waals surface area contributed by atoms with Crippen LogP contribution < -0.4 is 0 Å². The lowest BCUT2D eigenvalue weighted by molar-refractivity contribution is -0.112. The molecule has 17 heavy (non-hydrogen) atoms. The van der Waals surface area contributed by atoms with Crippen LogP contribution in [0.2, 0.25) is 0 Å². The molecule has 0 aliphatic rings. The minimum absolute atomic E-state index is 0.508. The summed E-state index contributed by atoms with van der Waals surface area (Å²) < 4.78 is 7.43. The number of nitrogens with zero attached hydrogens (tertiary/aromatic N) is 2. The van der Waals surface area contributed by atoms with Crippen LogP contribution in [0, 0.1) is 0 Å². The highest BCUT2D eigenvalue weighted by Gasteiger charge is 2.37. The molecule has 4 nitrogen and oxygen atoms in total. The van der Waals surface area contributed by atoms with Crippen molar-refractivity contribution in [3.63, 3.8) is 0 Å². The Morgan fingerprint density at radius 1 is 1.41 bits per heavy atom. The maximum atomic E-state index is 10.5. The van der Waals surface area contributed by atoms with Crippen molar-refractivity contribution in [3.05, 3.63) is 18.0 Å². The van der Waals surface area contributed by atoms with Crippen LogP contribution in [-0.2, 0) is 11.3 Å². The summed E-state index contributed by atoms with van der Waals surface area (Å²) in [6, 6.07) is 1.87. The van der Waals surface area contributed by atoms with E-state index < -0.39 is 11.7 Å². The molecule has 1 aromatic heterocycles. The molecule has 1 atom stereocenters. The molecule has 4 heteroatoms. The third-order valence-corrected chi connectivity index (χ3v) is 3.57. The summed E-state index contributed by atoms with van der Waals surface area (Å²) >= 11 is 0. The minimum Gasteiger partial charge on any atom is -0.384 e. The summed E-state index contributed by atoms with van der Waals surface area (Å²) in [5, 5.41) is 14.8. The second kappa shape index (κ2) is 6.17. The molecule has 0 fully saturated rings. The van der Waals surface area contributed by atoms with E-state index in [2.05, 4.69) is 12.0 Å². The first-order valence-electron chi connectivity index (χ1n) is 6.40. The number of aliphatic hydroxyl groups excluding tert-OH is 1. The Morgan fingerprint density at radius 2 is 2.06 bits per heavy atom. The standard InChI is InChI=1S/C13H24N2O2/c1-5-10-15-11(8-9-14-15)12(16)13(6-2,7-3)17-4/h8-9,12,16H,5-7,10H2,1-4H3. The van der Waals surface area contributed by atoms with E-state index in [1.165, 1.54) is 0 Å². The molecule has 0 aliphatic carbocycles. The molecule has 0 aliphatic heterocycles. The topological polar surface area (TPSA) is 47.3 Å². The highest BCUT2D eigenvalue weighted by molar-refractivity contribution is 5.10. The van der Waals surface area contributed by atoms with Crippen LogP contribution in [-0.4, -0.2) is 27.6 Å². The zero-order valence-corrected chi connectivity index (χ0v) is 11.3. The number of aryl methyl sites for hydroxylation is 1. The zero-order valence-electron chi connectivity index (χ0n) is 11.3. The lowest BCUT2D eigenvalue weighted by Crippen LogP contribution is -2.38. The fraction of sp³-hybridized carbons (Fsp3) is 0.769. The van der Waals surface area contributed by atoms with Crippen LogP contribution in [0.15, 0.2) is 12.3 Å². The Labute approximate surface area is 104 Å². The molecule has 0 bridgehead atoms. The Kier molecular flexibility index (Phi) is 5.15. The fourth-order valence-electron chi connectivity index (χ4n) is 2.28. The van der Waals surface area contributed by atoms with Crippen molar-refractivity contribution in [2.24, 2.45) is 0 Å². The number of ether oxygens (including phenoxy) is 1. The van der Waals surface area contributed by atoms with Crippen molar-refractivity contribution >= 4 is 0 Å². The van der Waals surface area contributed by atoms with E-state index in [0.29, 0.717) is 0 Å². The van der Waals surface area contributed by atoms with Crippen molar-refractivity contribution in [2.45, 2.75) is 58.3 Å². The number of aliphatic hydroxyl groups is 1. The van der Waals surface area contributed by atoms with Crippen LogP contribution in [0.25, 0.3) is 0 Å². The summed E-state index contributed by atoms with van der Waals surface area (Å²) in [5.41, 5.74) is 0.336. The number of aromatic nitrogens is 2. The molecule has 1 N–H and O–H groups in total. The van der Waals surface area contributed by atoms with Gasteiger partial charge in [-0.3, -0.25) is 4.68 Å². The van der Waals surface area contributed by atoms with Crippen LogP contribution in [0.3, 0.4) is 0 Å². The van der Waals surface area contributed by atoms with Gasteiger partial charge in [-0.05, 0) is 25.3 Å². The molecule has 1 rings (SSSR count). The first-order valence-corrected chi connectivity index (χ1v) is 6.40. The number of rotatable bonds is 7. The molecule has 1 aromatic rings. The van der Waals surface area contributed by atoms with E-state index in [1.807, 2.05) is 24.6 Å². The maximum absolute atomic E-state index is 10.5. The third-order valence-electron chi connectivity index (χ3n) is 3.57. The molecular weight excluding hydrogens is 216 g/mol. The first-order chi connectivity index (χ1) is 8.15. The van der Waals surface area contributed by atoms with Crippen LogP contribution in [0.5, 0.6) is 0 Å². The van der Waals surface area contributed by atoms with Crippen LogP contribution >= 0.6 is 0 Å². The highest BCUT2D eigenvalue weighted by atomic mass is 16.5. The van der Waals surface area contributed by atoms with Crippen LogP contribution in [0.4, 0.5) is 0 Å². The second-order valence-corrected chi connectivity index (χ2v) is 4.36. The summed E-state index contributed by atoms with van der Waals surface area (Å²) in [6.07, 6.45) is 3.66. The second-order valence-electron chi connectivity index (χ2n) is 4.36. The van der Waals surface area contributed by atoms with Gasteiger partial charge in [-0.15, -0.1) is 0 Å². The Balaban J connectivity index is 3.00. The molecule has 0 spiro atoms. The van der Waals surface area contributed by atoms with Gasteiger partial charge < -0.3 is 9.84 Å². The molecule has 0 amide bonds. The Bertz CT molecular complexity index is 324. The van der Waals surface area contributed by atoms with Crippen molar-refractivity contribution in [3.8, 4) is 0 Å². The average Bonchev–Trinajstić information content (AvgIpc) is 2.80. The van der Waals surface area contributed by atoms with Crippen LogP contribution in [0.1, 0.15) is 51.8 Å². The molecular formula is C13H24N2O2. The highest BCUT2D eigenvalue weighted by Crippen LogP contribution is 2.34. The van der Waals surface area contributed by atoms with Gasteiger partial charge >= 0.3 is 0 Å². The van der Waals surface area contributed by atoms with E-state index in [1.54, 1.807) is 13.3 Å². The van der Waals surface area contributed by atoms with E-state index in [-0.39, 0.29) is 0 Å². The lowest BCUT2D eigenvalue weighted by Gasteiger charge is -2.35. The molecule has 0 aromatic carbocycles. The van der Waals surface area contributed by atoms with Gasteiger partial charge in [0, 0.05) is 19.9 Å². The van der Waals surface area contributed by atoms with Crippen molar-refractivity contribution in [1.82, 2.24) is 9.78 Å². The van der Waals surface area contributed by atoms with Gasteiger partial charge in [-0.25, -0.2) is 0 Å². The van der Waals surface area contributed by atoms with E-state index in [0.717, 1.165) is 31.5 Å². The summed E-state index contributed by atoms with van der Waals surface area (Å²) in [5.74, 6) is 0. The predicted molar refractivity (Wildman–Crippen MR) is 67.8 cm³/mol. The van der Waals surface area contributed by atoms with Gasteiger partial charge in [0.25, 0.3) is 0 Å². The van der Waals surface area contributed by atoms with E-state index in [9.17, 15) is 5.11 Å². The Hall–Kier alpha value is -0.870. The Morgan fingerprint density at radius 3 is 2.53 bits per heavy atom.